The van der Waals surface area contributed by atoms with Gasteiger partial charge in [0.15, 0.2) is 0 Å². The fourth-order valence-corrected chi connectivity index (χ4v) is 3.30. The highest BCUT2D eigenvalue weighted by atomic mass is 32.1. The molecule has 1 fully saturated rings. The van der Waals surface area contributed by atoms with E-state index in [2.05, 4.69) is 18.8 Å². The molecule has 0 bridgehead atoms. The van der Waals surface area contributed by atoms with E-state index in [0.29, 0.717) is 5.92 Å². The molecular weight excluding hydrogens is 220 g/mol. The summed E-state index contributed by atoms with van der Waals surface area (Å²) in [7, 11) is 0. The smallest absolute Gasteiger partial charge is 0.110 e. The number of aromatic nitrogens is 1. The van der Waals surface area contributed by atoms with Gasteiger partial charge in [0.25, 0.3) is 0 Å². The van der Waals surface area contributed by atoms with E-state index < -0.39 is 0 Å². The lowest BCUT2D eigenvalue weighted by Gasteiger charge is -2.26. The standard InChI is InChI=1S/C12H20N2OS/c1-3-10-8(2)16-12(14-10)11(13)9-4-6-15-7-5-9/h9,11H,3-7,13H2,1-2H3. The highest BCUT2D eigenvalue weighted by molar-refractivity contribution is 7.11. The predicted octanol–water partition coefficient (Wildman–Crippen LogP) is 2.44. The molecule has 1 aliphatic rings. The molecule has 2 heterocycles. The number of ether oxygens (including phenoxy) is 1. The summed E-state index contributed by atoms with van der Waals surface area (Å²) < 4.78 is 5.36. The third-order valence-electron chi connectivity index (χ3n) is 3.30. The van der Waals surface area contributed by atoms with Crippen molar-refractivity contribution in [2.24, 2.45) is 11.7 Å². The van der Waals surface area contributed by atoms with Crippen LogP contribution in [0.5, 0.6) is 0 Å². The number of aryl methyl sites for hydroxylation is 2. The zero-order valence-electron chi connectivity index (χ0n) is 10.0. The van der Waals surface area contributed by atoms with Crippen LogP contribution in [0.2, 0.25) is 0 Å². The molecule has 1 aliphatic heterocycles. The summed E-state index contributed by atoms with van der Waals surface area (Å²) in [5.41, 5.74) is 7.51. The monoisotopic (exact) mass is 240 g/mol. The van der Waals surface area contributed by atoms with Crippen LogP contribution in [-0.4, -0.2) is 18.2 Å². The van der Waals surface area contributed by atoms with Gasteiger partial charge in [-0.25, -0.2) is 4.98 Å². The van der Waals surface area contributed by atoms with Crippen LogP contribution >= 0.6 is 11.3 Å². The van der Waals surface area contributed by atoms with Crippen molar-refractivity contribution in [3.05, 3.63) is 15.6 Å². The number of nitrogens with two attached hydrogens (primary N) is 1. The lowest BCUT2D eigenvalue weighted by Crippen LogP contribution is -2.27. The van der Waals surface area contributed by atoms with Gasteiger partial charge in [-0.3, -0.25) is 0 Å². The van der Waals surface area contributed by atoms with Crippen molar-refractivity contribution < 1.29 is 4.74 Å². The summed E-state index contributed by atoms with van der Waals surface area (Å²) >= 11 is 1.76. The molecule has 0 aliphatic carbocycles. The molecule has 1 saturated heterocycles. The second-order valence-corrected chi connectivity index (χ2v) is 5.62. The van der Waals surface area contributed by atoms with E-state index in [4.69, 9.17) is 10.5 Å². The van der Waals surface area contributed by atoms with Crippen molar-refractivity contribution in [2.45, 2.75) is 39.2 Å². The first-order valence-electron chi connectivity index (χ1n) is 6.02. The first kappa shape index (κ1) is 12.0. The van der Waals surface area contributed by atoms with Gasteiger partial charge >= 0.3 is 0 Å². The average molecular weight is 240 g/mol. The van der Waals surface area contributed by atoms with Gasteiger partial charge in [0.2, 0.25) is 0 Å². The lowest BCUT2D eigenvalue weighted by molar-refractivity contribution is 0.0583. The Labute approximate surface area is 101 Å². The van der Waals surface area contributed by atoms with Gasteiger partial charge in [-0.1, -0.05) is 6.92 Å². The molecule has 16 heavy (non-hydrogen) atoms. The van der Waals surface area contributed by atoms with E-state index in [1.165, 1.54) is 10.6 Å². The summed E-state index contributed by atoms with van der Waals surface area (Å²) in [5.74, 6) is 0.545. The minimum atomic E-state index is 0.105. The minimum absolute atomic E-state index is 0.105. The summed E-state index contributed by atoms with van der Waals surface area (Å²) in [6, 6.07) is 0.105. The van der Waals surface area contributed by atoms with Gasteiger partial charge in [-0.05, 0) is 32.1 Å². The molecule has 1 unspecified atom stereocenters. The normalized spacial score (nSPS) is 19.9. The first-order chi connectivity index (χ1) is 7.72. The third-order valence-corrected chi connectivity index (χ3v) is 4.42. The quantitative estimate of drug-likeness (QED) is 0.882. The molecule has 90 valence electrons. The van der Waals surface area contributed by atoms with E-state index >= 15 is 0 Å². The van der Waals surface area contributed by atoms with Crippen molar-refractivity contribution in [3.63, 3.8) is 0 Å². The maximum Gasteiger partial charge on any atom is 0.110 e. The molecule has 0 saturated carbocycles. The van der Waals surface area contributed by atoms with Gasteiger partial charge in [0.05, 0.1) is 11.7 Å². The number of rotatable bonds is 3. The van der Waals surface area contributed by atoms with Gasteiger partial charge < -0.3 is 10.5 Å². The topological polar surface area (TPSA) is 48.1 Å². The molecule has 0 amide bonds. The van der Waals surface area contributed by atoms with E-state index in [1.807, 2.05) is 0 Å². The van der Waals surface area contributed by atoms with Crippen molar-refractivity contribution in [3.8, 4) is 0 Å². The van der Waals surface area contributed by atoms with Crippen LogP contribution in [0.4, 0.5) is 0 Å². The van der Waals surface area contributed by atoms with Crippen molar-refractivity contribution in [1.29, 1.82) is 0 Å². The second-order valence-electron chi connectivity index (χ2n) is 4.38. The first-order valence-corrected chi connectivity index (χ1v) is 6.83. The lowest BCUT2D eigenvalue weighted by atomic mass is 9.93. The predicted molar refractivity (Wildman–Crippen MR) is 66.7 cm³/mol. The van der Waals surface area contributed by atoms with E-state index in [9.17, 15) is 0 Å². The van der Waals surface area contributed by atoms with Crippen molar-refractivity contribution >= 4 is 11.3 Å². The summed E-state index contributed by atoms with van der Waals surface area (Å²) in [6.45, 7) is 5.98. The van der Waals surface area contributed by atoms with Crippen LogP contribution in [0.3, 0.4) is 0 Å². The Hall–Kier alpha value is -0.450. The van der Waals surface area contributed by atoms with Gasteiger partial charge in [-0.2, -0.15) is 0 Å². The van der Waals surface area contributed by atoms with Crippen molar-refractivity contribution in [2.75, 3.05) is 13.2 Å². The molecule has 1 aromatic heterocycles. The van der Waals surface area contributed by atoms with Gasteiger partial charge in [-0.15, -0.1) is 11.3 Å². The molecule has 1 aromatic rings. The Morgan fingerprint density at radius 2 is 2.19 bits per heavy atom. The SMILES string of the molecule is CCc1nc(C(N)C2CCOCC2)sc1C. The largest absolute Gasteiger partial charge is 0.381 e. The van der Waals surface area contributed by atoms with Crippen molar-refractivity contribution in [1.82, 2.24) is 4.98 Å². The molecule has 2 rings (SSSR count). The highest BCUT2D eigenvalue weighted by Gasteiger charge is 2.25. The van der Waals surface area contributed by atoms with Crippen LogP contribution < -0.4 is 5.73 Å². The van der Waals surface area contributed by atoms with Gasteiger partial charge in [0, 0.05) is 18.1 Å². The molecule has 2 N–H and O–H groups in total. The number of nitrogens with zero attached hydrogens (tertiary/aromatic N) is 1. The van der Waals surface area contributed by atoms with Crippen LogP contribution in [0, 0.1) is 12.8 Å². The molecule has 1 atom stereocenters. The van der Waals surface area contributed by atoms with Crippen LogP contribution in [0.25, 0.3) is 0 Å². The number of hydrogen-bond acceptors (Lipinski definition) is 4. The van der Waals surface area contributed by atoms with E-state index in [1.54, 1.807) is 11.3 Å². The third kappa shape index (κ3) is 2.44. The van der Waals surface area contributed by atoms with Crippen LogP contribution in [0.1, 0.15) is 41.4 Å². The number of thiazole rings is 1. The zero-order chi connectivity index (χ0) is 11.5. The summed E-state index contributed by atoms with van der Waals surface area (Å²) in [6.07, 6.45) is 3.14. The van der Waals surface area contributed by atoms with Crippen LogP contribution in [0.15, 0.2) is 0 Å². The van der Waals surface area contributed by atoms with E-state index in [0.717, 1.165) is 37.5 Å². The Balaban J connectivity index is 2.09. The molecule has 4 heteroatoms. The second kappa shape index (κ2) is 5.25. The maximum absolute atomic E-state index is 6.30. The molecule has 0 spiro atoms. The summed E-state index contributed by atoms with van der Waals surface area (Å²) in [5, 5.41) is 1.11. The zero-order valence-corrected chi connectivity index (χ0v) is 10.8. The Bertz CT molecular complexity index is 345. The highest BCUT2D eigenvalue weighted by Crippen LogP contribution is 2.31. The van der Waals surface area contributed by atoms with Crippen LogP contribution in [-0.2, 0) is 11.2 Å². The fourth-order valence-electron chi connectivity index (χ4n) is 2.20. The van der Waals surface area contributed by atoms with E-state index in [-0.39, 0.29) is 6.04 Å². The molecular formula is C12H20N2OS. The van der Waals surface area contributed by atoms with Gasteiger partial charge in [0.1, 0.15) is 5.01 Å². The fraction of sp³-hybridized carbons (Fsp3) is 0.750. The Morgan fingerprint density at radius 3 is 2.75 bits per heavy atom. The molecule has 3 nitrogen and oxygen atoms in total. The molecule has 0 aromatic carbocycles. The minimum Gasteiger partial charge on any atom is -0.381 e. The Morgan fingerprint density at radius 1 is 1.50 bits per heavy atom. The molecule has 0 radical (unpaired) electrons. The maximum atomic E-state index is 6.30. The number of hydrogen-bond donors (Lipinski definition) is 1. The average Bonchev–Trinajstić information content (AvgIpc) is 2.71. The summed E-state index contributed by atoms with van der Waals surface area (Å²) in [4.78, 5) is 5.98. The Kier molecular flexibility index (Phi) is 3.95.